The maximum atomic E-state index is 14.1. The van der Waals surface area contributed by atoms with Crippen LogP contribution in [0.1, 0.15) is 94.1 Å². The molecule has 1 fully saturated rings. The predicted molar refractivity (Wildman–Crippen MR) is 196 cm³/mol. The van der Waals surface area contributed by atoms with Crippen LogP contribution in [0.4, 0.5) is 9.59 Å². The number of amidine groups is 1. The highest BCUT2D eigenvalue weighted by Gasteiger charge is 2.28. The number of hydrogen-bond donors (Lipinski definition) is 5. The van der Waals surface area contributed by atoms with Gasteiger partial charge in [-0.05, 0) is 86.1 Å². The summed E-state index contributed by atoms with van der Waals surface area (Å²) < 4.78 is 20.3. The SMILES string of the molecule is C=Cc1cc(C(=O)Cc2ccc(C(=N)NC(=O)OC(C)CO)cc2)c(-c2ccc(C(=O)NCC3CC3)nc2C(=O)OC(C)OC(=O)OC(C)C)cc1CO. The molecule has 54 heavy (non-hydrogen) atoms. The summed E-state index contributed by atoms with van der Waals surface area (Å²) in [4.78, 5) is 69.2. The van der Waals surface area contributed by atoms with Gasteiger partial charge < -0.3 is 34.5 Å². The van der Waals surface area contributed by atoms with Crippen molar-refractivity contribution >= 4 is 41.8 Å². The standard InChI is InChI=1S/C39H44N4O11/c1-6-26-16-31(33(46)15-24-9-11-27(12-10-24)35(40)43-38(49)52-22(4)19-44)30(17-28(26)20-45)29-13-14-32(36(47)41-18-25-7-8-25)42-34(29)37(48)53-23(5)54-39(50)51-21(2)3/h6,9-14,16-17,21-23,25,44-45H,1,7-8,15,18-20H2,2-5H3,(H,41,47)(H2,40,43,49). The molecule has 0 saturated heterocycles. The molecule has 2 aromatic carbocycles. The predicted octanol–water partition coefficient (Wildman–Crippen LogP) is 4.95. The normalized spacial score (nSPS) is 13.2. The molecule has 3 aromatic rings. The highest BCUT2D eigenvalue weighted by atomic mass is 16.8. The number of nitrogens with one attached hydrogen (secondary N) is 3. The number of carbonyl (C=O) groups is 5. The van der Waals surface area contributed by atoms with Gasteiger partial charge in [-0.15, -0.1) is 0 Å². The highest BCUT2D eigenvalue weighted by molar-refractivity contribution is 6.08. The van der Waals surface area contributed by atoms with E-state index in [9.17, 15) is 29.1 Å². The number of hydrogen-bond acceptors (Lipinski definition) is 13. The van der Waals surface area contributed by atoms with Crippen LogP contribution in [-0.2, 0) is 32.0 Å². The minimum Gasteiger partial charge on any atom is -0.444 e. The Morgan fingerprint density at radius 2 is 1.65 bits per heavy atom. The van der Waals surface area contributed by atoms with Gasteiger partial charge in [-0.25, -0.2) is 19.4 Å². The number of ketones is 1. The Balaban J connectivity index is 1.69. The zero-order valence-corrected chi connectivity index (χ0v) is 30.5. The number of benzene rings is 2. The number of carbonyl (C=O) groups excluding carboxylic acids is 5. The van der Waals surface area contributed by atoms with Crippen LogP contribution in [0.3, 0.4) is 0 Å². The molecule has 0 aliphatic heterocycles. The number of amides is 2. The number of rotatable bonds is 16. The Morgan fingerprint density at radius 3 is 2.26 bits per heavy atom. The van der Waals surface area contributed by atoms with Crippen LogP contribution in [0.5, 0.6) is 0 Å². The van der Waals surface area contributed by atoms with E-state index in [2.05, 4.69) is 22.2 Å². The van der Waals surface area contributed by atoms with Gasteiger partial charge in [0.2, 0.25) is 6.29 Å². The van der Waals surface area contributed by atoms with Gasteiger partial charge in [0.15, 0.2) is 11.5 Å². The molecular formula is C39H44N4O11. The molecule has 286 valence electrons. The minimum absolute atomic E-state index is 0.0894. The molecule has 0 radical (unpaired) electrons. The fraction of sp³-hybridized carbons (Fsp3) is 0.359. The third-order valence-electron chi connectivity index (χ3n) is 8.10. The summed E-state index contributed by atoms with van der Waals surface area (Å²) in [5, 5.41) is 32.6. The van der Waals surface area contributed by atoms with Crippen molar-refractivity contribution in [3.05, 3.63) is 94.3 Å². The second-order valence-corrected chi connectivity index (χ2v) is 12.9. The first-order valence-corrected chi connectivity index (χ1v) is 17.3. The van der Waals surface area contributed by atoms with Crippen molar-refractivity contribution in [1.29, 1.82) is 5.41 Å². The summed E-state index contributed by atoms with van der Waals surface area (Å²) in [7, 11) is 0. The van der Waals surface area contributed by atoms with Gasteiger partial charge in [0.25, 0.3) is 5.91 Å². The third kappa shape index (κ3) is 11.3. The summed E-state index contributed by atoms with van der Waals surface area (Å²) in [6, 6.07) is 12.2. The Labute approximate surface area is 312 Å². The van der Waals surface area contributed by atoms with Gasteiger partial charge in [-0.2, -0.15) is 0 Å². The summed E-state index contributed by atoms with van der Waals surface area (Å²) in [5.74, 6) is -1.87. The van der Waals surface area contributed by atoms with E-state index >= 15 is 0 Å². The van der Waals surface area contributed by atoms with E-state index in [1.54, 1.807) is 26.0 Å². The molecule has 2 atom stereocenters. The number of Topliss-reactive ketones (excluding diaryl/α,β-unsaturated/α-hetero) is 1. The van der Waals surface area contributed by atoms with E-state index < -0.39 is 55.0 Å². The van der Waals surface area contributed by atoms with E-state index in [1.165, 1.54) is 56.3 Å². The number of aromatic nitrogens is 1. The lowest BCUT2D eigenvalue weighted by Gasteiger charge is -2.18. The van der Waals surface area contributed by atoms with Gasteiger partial charge in [-0.3, -0.25) is 20.3 Å². The Hall–Kier alpha value is -5.93. The van der Waals surface area contributed by atoms with Crippen LogP contribution in [0.25, 0.3) is 17.2 Å². The topological polar surface area (TPSA) is 224 Å². The van der Waals surface area contributed by atoms with Crippen molar-refractivity contribution in [3.8, 4) is 11.1 Å². The van der Waals surface area contributed by atoms with Crippen LogP contribution in [0.2, 0.25) is 0 Å². The van der Waals surface area contributed by atoms with Crippen molar-refractivity contribution in [3.63, 3.8) is 0 Å². The zero-order valence-electron chi connectivity index (χ0n) is 30.5. The molecule has 1 aliphatic carbocycles. The largest absolute Gasteiger partial charge is 0.511 e. The first kappa shape index (κ1) is 40.8. The summed E-state index contributed by atoms with van der Waals surface area (Å²) in [5.41, 5.74) is 1.71. The maximum absolute atomic E-state index is 14.1. The monoisotopic (exact) mass is 744 g/mol. The van der Waals surface area contributed by atoms with Crippen LogP contribution in [-0.4, -0.2) is 82.6 Å². The van der Waals surface area contributed by atoms with Crippen LogP contribution in [0.15, 0.2) is 55.1 Å². The quantitative estimate of drug-likeness (QED) is 0.0328. The van der Waals surface area contributed by atoms with Gasteiger partial charge >= 0.3 is 18.2 Å². The van der Waals surface area contributed by atoms with Gasteiger partial charge in [0.05, 0.1) is 19.3 Å². The average molecular weight is 745 g/mol. The second-order valence-electron chi connectivity index (χ2n) is 12.9. The number of esters is 1. The zero-order chi connectivity index (χ0) is 39.5. The number of pyridine rings is 1. The lowest BCUT2D eigenvalue weighted by atomic mass is 9.89. The summed E-state index contributed by atoms with van der Waals surface area (Å²) in [6.07, 6.45) is -1.31. The first-order valence-electron chi connectivity index (χ1n) is 17.3. The van der Waals surface area contributed by atoms with E-state index in [1.807, 2.05) is 0 Å². The van der Waals surface area contributed by atoms with E-state index in [4.69, 9.17) is 29.5 Å². The van der Waals surface area contributed by atoms with E-state index in [0.717, 1.165) is 12.8 Å². The number of aliphatic hydroxyl groups is 2. The molecule has 2 amide bonds. The molecule has 0 bridgehead atoms. The van der Waals surface area contributed by atoms with Crippen molar-refractivity contribution in [1.82, 2.24) is 15.6 Å². The van der Waals surface area contributed by atoms with Gasteiger partial charge in [0, 0.05) is 36.6 Å². The molecule has 5 N–H and O–H groups in total. The number of ether oxygens (including phenoxy) is 4. The summed E-state index contributed by atoms with van der Waals surface area (Å²) in [6.45, 7) is 9.47. The Bertz CT molecular complexity index is 1900. The van der Waals surface area contributed by atoms with Crippen LogP contribution < -0.4 is 10.6 Å². The van der Waals surface area contributed by atoms with Crippen molar-refractivity contribution in [2.24, 2.45) is 5.92 Å². The van der Waals surface area contributed by atoms with Crippen LogP contribution >= 0.6 is 0 Å². The molecule has 1 aromatic heterocycles. The van der Waals surface area contributed by atoms with Gasteiger partial charge in [-0.1, -0.05) is 36.9 Å². The van der Waals surface area contributed by atoms with E-state index in [-0.39, 0.29) is 46.9 Å². The smallest absolute Gasteiger partial charge is 0.444 e. The number of aliphatic hydroxyl groups excluding tert-OH is 2. The Kier molecular flexibility index (Phi) is 14.1. The molecule has 0 spiro atoms. The maximum Gasteiger partial charge on any atom is 0.511 e. The molecule has 4 rings (SSSR count). The molecule has 1 aliphatic rings. The number of nitrogens with zero attached hydrogens (tertiary/aromatic N) is 1. The van der Waals surface area contributed by atoms with Crippen molar-refractivity contribution < 1.29 is 53.1 Å². The fourth-order valence-electron chi connectivity index (χ4n) is 5.13. The highest BCUT2D eigenvalue weighted by Crippen LogP contribution is 2.33. The van der Waals surface area contributed by atoms with E-state index in [0.29, 0.717) is 34.7 Å². The van der Waals surface area contributed by atoms with Gasteiger partial charge in [0.1, 0.15) is 17.6 Å². The molecule has 2 unspecified atom stereocenters. The van der Waals surface area contributed by atoms with Crippen molar-refractivity contribution in [2.45, 2.75) is 72.1 Å². The van der Waals surface area contributed by atoms with Crippen LogP contribution in [0, 0.1) is 11.3 Å². The second kappa shape index (κ2) is 18.7. The lowest BCUT2D eigenvalue weighted by Crippen LogP contribution is -2.34. The average Bonchev–Trinajstić information content (AvgIpc) is 3.97. The summed E-state index contributed by atoms with van der Waals surface area (Å²) >= 11 is 0. The fourth-order valence-corrected chi connectivity index (χ4v) is 5.13. The first-order chi connectivity index (χ1) is 25.7. The number of alkyl carbamates (subject to hydrolysis) is 1. The minimum atomic E-state index is -1.42. The van der Waals surface area contributed by atoms with Crippen molar-refractivity contribution in [2.75, 3.05) is 13.2 Å². The molecule has 15 heteroatoms. The lowest BCUT2D eigenvalue weighted by molar-refractivity contribution is -0.0868. The molecular weight excluding hydrogens is 700 g/mol. The third-order valence-corrected chi connectivity index (χ3v) is 8.10. The molecule has 15 nitrogen and oxygen atoms in total. The molecule has 1 saturated carbocycles. The molecule has 1 heterocycles. The Morgan fingerprint density at radius 1 is 0.944 bits per heavy atom.